The molecule has 0 radical (unpaired) electrons. The first kappa shape index (κ1) is 13.5. The Bertz CT molecular complexity index is 162. The molecule has 0 amide bonds. The molecule has 0 rings (SSSR count). The third kappa shape index (κ3) is 6.03. The second-order valence-electron chi connectivity index (χ2n) is 4.17. The zero-order valence-corrected chi connectivity index (χ0v) is 10.3. The van der Waals surface area contributed by atoms with Crippen LogP contribution in [0.2, 0.25) is 0 Å². The molecule has 2 heteroatoms. The molecule has 0 aliphatic heterocycles. The lowest BCUT2D eigenvalue weighted by Crippen LogP contribution is -2.28. The summed E-state index contributed by atoms with van der Waals surface area (Å²) in [5.41, 5.74) is 1.31. The summed E-state index contributed by atoms with van der Waals surface area (Å²) >= 11 is 0. The fourth-order valence-electron chi connectivity index (χ4n) is 1.50. The van der Waals surface area contributed by atoms with Crippen LogP contribution in [-0.4, -0.2) is 19.8 Å². The fraction of sp³-hybridized carbons (Fsp3) is 0.833. The van der Waals surface area contributed by atoms with Gasteiger partial charge in [-0.1, -0.05) is 25.8 Å². The molecule has 0 saturated carbocycles. The number of nitrogens with one attached hydrogen (secondary N) is 1. The quantitative estimate of drug-likeness (QED) is 0.680. The van der Waals surface area contributed by atoms with Crippen LogP contribution in [-0.2, 0) is 4.74 Å². The van der Waals surface area contributed by atoms with Gasteiger partial charge in [0.05, 0.1) is 6.10 Å². The number of methoxy groups -OCH3 is 1. The number of rotatable bonds is 7. The molecule has 2 atom stereocenters. The number of ether oxygens (including phenoxy) is 1. The van der Waals surface area contributed by atoms with Crippen molar-refractivity contribution in [2.75, 3.05) is 13.7 Å². The van der Waals surface area contributed by atoms with Crippen molar-refractivity contribution in [2.45, 2.75) is 46.6 Å². The zero-order valence-electron chi connectivity index (χ0n) is 10.3. The third-order valence-corrected chi connectivity index (χ3v) is 2.34. The molecular weight excluding hydrogens is 174 g/mol. The van der Waals surface area contributed by atoms with Gasteiger partial charge in [-0.25, -0.2) is 0 Å². The van der Waals surface area contributed by atoms with E-state index >= 15 is 0 Å². The maximum Gasteiger partial charge on any atom is 0.0613 e. The van der Waals surface area contributed by atoms with Gasteiger partial charge in [0.2, 0.25) is 0 Å². The van der Waals surface area contributed by atoms with Gasteiger partial charge in [0.1, 0.15) is 0 Å². The maximum atomic E-state index is 5.45. The fourth-order valence-corrected chi connectivity index (χ4v) is 1.50. The van der Waals surface area contributed by atoms with Gasteiger partial charge in [-0.05, 0) is 32.4 Å². The van der Waals surface area contributed by atoms with Gasteiger partial charge in [-0.3, -0.25) is 0 Å². The molecule has 84 valence electrons. The molecule has 0 fully saturated rings. The van der Waals surface area contributed by atoms with E-state index in [4.69, 9.17) is 4.74 Å². The summed E-state index contributed by atoms with van der Waals surface area (Å²) in [5, 5.41) is 3.32. The SMILES string of the molecule is CCC[C@@H](OC)[C@H](C)CNC=C(C)C. The van der Waals surface area contributed by atoms with Gasteiger partial charge >= 0.3 is 0 Å². The van der Waals surface area contributed by atoms with E-state index in [0.717, 1.165) is 13.0 Å². The van der Waals surface area contributed by atoms with Crippen LogP contribution in [0.5, 0.6) is 0 Å². The molecule has 0 heterocycles. The summed E-state index contributed by atoms with van der Waals surface area (Å²) in [5.74, 6) is 0.565. The number of allylic oxidation sites excluding steroid dienone is 1. The smallest absolute Gasteiger partial charge is 0.0613 e. The van der Waals surface area contributed by atoms with E-state index in [1.54, 1.807) is 7.11 Å². The normalized spacial score (nSPS) is 14.6. The molecule has 0 saturated heterocycles. The second kappa shape index (κ2) is 7.86. The van der Waals surface area contributed by atoms with Crippen molar-refractivity contribution in [1.82, 2.24) is 5.32 Å². The van der Waals surface area contributed by atoms with Crippen molar-refractivity contribution >= 4 is 0 Å². The number of hydrogen-bond donors (Lipinski definition) is 1. The topological polar surface area (TPSA) is 21.3 Å². The summed E-state index contributed by atoms with van der Waals surface area (Å²) in [7, 11) is 1.80. The lowest BCUT2D eigenvalue weighted by atomic mass is 10.0. The Labute approximate surface area is 88.7 Å². The maximum absolute atomic E-state index is 5.45. The minimum absolute atomic E-state index is 0.387. The Morgan fingerprint density at radius 2 is 2.07 bits per heavy atom. The van der Waals surface area contributed by atoms with Crippen LogP contribution in [0.1, 0.15) is 40.5 Å². The predicted molar refractivity (Wildman–Crippen MR) is 62.3 cm³/mol. The minimum atomic E-state index is 0.387. The average Bonchev–Trinajstić information content (AvgIpc) is 2.13. The van der Waals surface area contributed by atoms with E-state index in [1.807, 2.05) is 0 Å². The summed E-state index contributed by atoms with van der Waals surface area (Å²) in [6, 6.07) is 0. The Morgan fingerprint density at radius 3 is 2.50 bits per heavy atom. The summed E-state index contributed by atoms with van der Waals surface area (Å²) in [4.78, 5) is 0. The largest absolute Gasteiger partial charge is 0.391 e. The molecule has 0 spiro atoms. The van der Waals surface area contributed by atoms with Crippen LogP contribution in [0.25, 0.3) is 0 Å². The van der Waals surface area contributed by atoms with Crippen molar-refractivity contribution in [3.05, 3.63) is 11.8 Å². The van der Waals surface area contributed by atoms with E-state index in [9.17, 15) is 0 Å². The molecular formula is C12H25NO. The Morgan fingerprint density at radius 1 is 1.43 bits per heavy atom. The van der Waals surface area contributed by atoms with Gasteiger partial charge < -0.3 is 10.1 Å². The molecule has 0 aromatic rings. The first-order valence-electron chi connectivity index (χ1n) is 5.51. The second-order valence-corrected chi connectivity index (χ2v) is 4.17. The van der Waals surface area contributed by atoms with Crippen molar-refractivity contribution in [3.63, 3.8) is 0 Å². The van der Waals surface area contributed by atoms with Gasteiger partial charge in [0, 0.05) is 13.7 Å². The summed E-state index contributed by atoms with van der Waals surface area (Å²) < 4.78 is 5.45. The van der Waals surface area contributed by atoms with Crippen LogP contribution in [0.3, 0.4) is 0 Å². The first-order valence-corrected chi connectivity index (χ1v) is 5.51. The highest BCUT2D eigenvalue weighted by Gasteiger charge is 2.14. The molecule has 0 aliphatic rings. The van der Waals surface area contributed by atoms with Gasteiger partial charge in [-0.15, -0.1) is 0 Å². The van der Waals surface area contributed by atoms with E-state index in [-0.39, 0.29) is 0 Å². The van der Waals surface area contributed by atoms with Crippen molar-refractivity contribution in [1.29, 1.82) is 0 Å². The van der Waals surface area contributed by atoms with Crippen LogP contribution < -0.4 is 5.32 Å². The van der Waals surface area contributed by atoms with E-state index in [1.165, 1.54) is 12.0 Å². The molecule has 0 unspecified atom stereocenters. The van der Waals surface area contributed by atoms with Crippen LogP contribution in [0.15, 0.2) is 11.8 Å². The predicted octanol–water partition coefficient (Wildman–Crippen LogP) is 2.95. The monoisotopic (exact) mass is 199 g/mol. The van der Waals surface area contributed by atoms with Gasteiger partial charge in [-0.2, -0.15) is 0 Å². The third-order valence-electron chi connectivity index (χ3n) is 2.34. The van der Waals surface area contributed by atoms with Crippen LogP contribution in [0, 0.1) is 5.92 Å². The average molecular weight is 199 g/mol. The summed E-state index contributed by atoms with van der Waals surface area (Å²) in [6.07, 6.45) is 4.78. The van der Waals surface area contributed by atoms with E-state index in [0.29, 0.717) is 12.0 Å². The summed E-state index contributed by atoms with van der Waals surface area (Å²) in [6.45, 7) is 9.61. The Balaban J connectivity index is 3.79. The molecule has 2 nitrogen and oxygen atoms in total. The molecule has 0 aliphatic carbocycles. The lowest BCUT2D eigenvalue weighted by Gasteiger charge is -2.22. The highest BCUT2D eigenvalue weighted by molar-refractivity contribution is 4.91. The number of hydrogen-bond acceptors (Lipinski definition) is 2. The van der Waals surface area contributed by atoms with Crippen molar-refractivity contribution in [2.24, 2.45) is 5.92 Å². The highest BCUT2D eigenvalue weighted by Crippen LogP contribution is 2.11. The molecule has 14 heavy (non-hydrogen) atoms. The Hall–Kier alpha value is -0.500. The molecule has 0 bridgehead atoms. The van der Waals surface area contributed by atoms with Gasteiger partial charge in [0.25, 0.3) is 0 Å². The molecule has 0 aromatic heterocycles. The first-order chi connectivity index (χ1) is 6.61. The van der Waals surface area contributed by atoms with Gasteiger partial charge in [0.15, 0.2) is 0 Å². The van der Waals surface area contributed by atoms with E-state index < -0.39 is 0 Å². The molecule has 0 aromatic carbocycles. The Kier molecular flexibility index (Phi) is 7.58. The van der Waals surface area contributed by atoms with E-state index in [2.05, 4.69) is 39.2 Å². The van der Waals surface area contributed by atoms with Crippen LogP contribution in [0.4, 0.5) is 0 Å². The standard InChI is InChI=1S/C12H25NO/c1-6-7-12(14-5)11(4)9-13-8-10(2)3/h8,11-13H,6-7,9H2,1-5H3/t11-,12-/m1/s1. The molecule has 1 N–H and O–H groups in total. The lowest BCUT2D eigenvalue weighted by molar-refractivity contribution is 0.0523. The zero-order chi connectivity index (χ0) is 11.0. The van der Waals surface area contributed by atoms with Crippen molar-refractivity contribution in [3.8, 4) is 0 Å². The highest BCUT2D eigenvalue weighted by atomic mass is 16.5. The van der Waals surface area contributed by atoms with Crippen LogP contribution >= 0.6 is 0 Å². The minimum Gasteiger partial charge on any atom is -0.391 e. The van der Waals surface area contributed by atoms with Crippen molar-refractivity contribution < 1.29 is 4.74 Å².